The summed E-state index contributed by atoms with van der Waals surface area (Å²) in [5.74, 6) is 0. The van der Waals surface area contributed by atoms with E-state index in [1.54, 1.807) is 7.05 Å². The first-order valence-corrected chi connectivity index (χ1v) is 5.66. The van der Waals surface area contributed by atoms with Crippen LogP contribution in [0.1, 0.15) is 25.1 Å². The van der Waals surface area contributed by atoms with Gasteiger partial charge in [0.2, 0.25) is 0 Å². The Balaban J connectivity index is 2.54. The van der Waals surface area contributed by atoms with Crippen molar-refractivity contribution in [3.63, 3.8) is 0 Å². The maximum atomic E-state index is 12.0. The normalized spacial score (nSPS) is 13.8. The maximum Gasteiger partial charge on any atom is 0.411 e. The van der Waals surface area contributed by atoms with Crippen molar-refractivity contribution >= 4 is 0 Å². The van der Waals surface area contributed by atoms with Gasteiger partial charge in [0.15, 0.2) is 0 Å². The van der Waals surface area contributed by atoms with Crippen molar-refractivity contribution in [3.05, 3.63) is 11.9 Å². The summed E-state index contributed by atoms with van der Waals surface area (Å²) in [6.45, 7) is 1.34. The zero-order chi connectivity index (χ0) is 13.6. The highest BCUT2D eigenvalue weighted by Gasteiger charge is 2.28. The van der Waals surface area contributed by atoms with E-state index in [1.165, 1.54) is 10.9 Å². The number of nitrogens with zero attached hydrogens (tertiary/aromatic N) is 3. The molecule has 0 spiro atoms. The number of hydrogen-bond donors (Lipinski definition) is 1. The van der Waals surface area contributed by atoms with Crippen molar-refractivity contribution < 1.29 is 17.9 Å². The maximum absolute atomic E-state index is 12.0. The van der Waals surface area contributed by atoms with Crippen LogP contribution in [0.3, 0.4) is 0 Å². The summed E-state index contributed by atoms with van der Waals surface area (Å²) in [5, 5.41) is 10.6. The average molecular weight is 266 g/mol. The lowest BCUT2D eigenvalue weighted by Crippen LogP contribution is -2.30. The summed E-state index contributed by atoms with van der Waals surface area (Å²) in [6.07, 6.45) is -1.91. The first kappa shape index (κ1) is 14.9. The van der Waals surface area contributed by atoms with Gasteiger partial charge in [0.1, 0.15) is 6.61 Å². The number of nitrogens with one attached hydrogen (secondary N) is 1. The van der Waals surface area contributed by atoms with Gasteiger partial charge in [-0.1, -0.05) is 12.1 Å². The summed E-state index contributed by atoms with van der Waals surface area (Å²) in [7, 11) is 1.69. The smallest absolute Gasteiger partial charge is 0.370 e. The molecule has 1 aromatic rings. The minimum atomic E-state index is -4.31. The van der Waals surface area contributed by atoms with Crippen molar-refractivity contribution in [2.75, 3.05) is 19.8 Å². The number of alkyl halides is 3. The van der Waals surface area contributed by atoms with Crippen molar-refractivity contribution in [2.45, 2.75) is 25.6 Å². The molecule has 104 valence electrons. The number of ether oxygens (including phenoxy) is 1. The van der Waals surface area contributed by atoms with Gasteiger partial charge in [0.05, 0.1) is 24.5 Å². The first-order chi connectivity index (χ1) is 8.44. The Kier molecular flexibility index (Phi) is 5.54. The fraction of sp³-hybridized carbons (Fsp3) is 0.800. The molecule has 1 unspecified atom stereocenters. The van der Waals surface area contributed by atoms with Gasteiger partial charge in [-0.05, 0) is 13.0 Å². The predicted molar refractivity (Wildman–Crippen MR) is 58.9 cm³/mol. The molecule has 0 fully saturated rings. The molecular weight excluding hydrogens is 249 g/mol. The SMILES string of the molecule is CCCNC(COCC(F)(F)F)c1cnnn1C. The molecule has 18 heavy (non-hydrogen) atoms. The molecule has 1 rings (SSSR count). The van der Waals surface area contributed by atoms with Crippen LogP contribution in [0, 0.1) is 0 Å². The van der Waals surface area contributed by atoms with E-state index in [9.17, 15) is 13.2 Å². The summed E-state index contributed by atoms with van der Waals surface area (Å²) in [4.78, 5) is 0. The second-order valence-electron chi connectivity index (χ2n) is 3.92. The van der Waals surface area contributed by atoms with E-state index in [0.29, 0.717) is 12.2 Å². The van der Waals surface area contributed by atoms with Crippen molar-refractivity contribution in [3.8, 4) is 0 Å². The van der Waals surface area contributed by atoms with Crippen LogP contribution in [-0.4, -0.2) is 40.9 Å². The molecule has 0 bridgehead atoms. The Morgan fingerprint density at radius 2 is 2.22 bits per heavy atom. The predicted octanol–water partition coefficient (Wildman–Crippen LogP) is 1.43. The third kappa shape index (κ3) is 5.01. The highest BCUT2D eigenvalue weighted by Crippen LogP contribution is 2.17. The fourth-order valence-corrected chi connectivity index (χ4v) is 1.47. The Labute approximate surface area is 103 Å². The van der Waals surface area contributed by atoms with E-state index in [1.807, 2.05) is 6.92 Å². The van der Waals surface area contributed by atoms with Gasteiger partial charge in [0.25, 0.3) is 0 Å². The monoisotopic (exact) mass is 266 g/mol. The highest BCUT2D eigenvalue weighted by atomic mass is 19.4. The van der Waals surface area contributed by atoms with Gasteiger partial charge in [-0.15, -0.1) is 5.10 Å². The van der Waals surface area contributed by atoms with E-state index < -0.39 is 12.8 Å². The molecule has 1 atom stereocenters. The van der Waals surface area contributed by atoms with Gasteiger partial charge >= 0.3 is 6.18 Å². The van der Waals surface area contributed by atoms with E-state index in [-0.39, 0.29) is 12.6 Å². The summed E-state index contributed by atoms with van der Waals surface area (Å²) < 4.78 is 42.2. The second-order valence-corrected chi connectivity index (χ2v) is 3.92. The highest BCUT2D eigenvalue weighted by molar-refractivity contribution is 5.01. The van der Waals surface area contributed by atoms with Crippen LogP contribution >= 0.6 is 0 Å². The van der Waals surface area contributed by atoms with Crippen LogP contribution in [0.5, 0.6) is 0 Å². The van der Waals surface area contributed by atoms with Gasteiger partial charge < -0.3 is 10.1 Å². The number of hydrogen-bond acceptors (Lipinski definition) is 4. The quantitative estimate of drug-likeness (QED) is 0.811. The summed E-state index contributed by atoms with van der Waals surface area (Å²) in [6, 6.07) is -0.340. The molecule has 0 aliphatic carbocycles. The molecule has 1 N–H and O–H groups in total. The van der Waals surface area contributed by atoms with E-state index in [2.05, 4.69) is 20.4 Å². The topological polar surface area (TPSA) is 52.0 Å². The number of aromatic nitrogens is 3. The van der Waals surface area contributed by atoms with Crippen LogP contribution in [0.2, 0.25) is 0 Å². The molecule has 0 aromatic carbocycles. The first-order valence-electron chi connectivity index (χ1n) is 5.66. The Hall–Kier alpha value is -1.15. The summed E-state index contributed by atoms with van der Waals surface area (Å²) in [5.41, 5.74) is 0.700. The van der Waals surface area contributed by atoms with Crippen LogP contribution in [0.25, 0.3) is 0 Å². The molecular formula is C10H17F3N4O. The van der Waals surface area contributed by atoms with Gasteiger partial charge in [-0.3, -0.25) is 4.68 Å². The molecule has 0 saturated carbocycles. The Morgan fingerprint density at radius 3 is 2.72 bits per heavy atom. The average Bonchev–Trinajstić information content (AvgIpc) is 2.68. The van der Waals surface area contributed by atoms with Crippen LogP contribution in [0.4, 0.5) is 13.2 Å². The van der Waals surface area contributed by atoms with Crippen LogP contribution < -0.4 is 5.32 Å². The third-order valence-corrected chi connectivity index (χ3v) is 2.30. The minimum Gasteiger partial charge on any atom is -0.370 e. The molecule has 1 aromatic heterocycles. The standard InChI is InChI=1S/C10H17F3N4O/c1-3-4-14-8(6-18-7-10(11,12)13)9-5-15-16-17(9)2/h5,8,14H,3-4,6-7H2,1-2H3. The van der Waals surface area contributed by atoms with Gasteiger partial charge in [0, 0.05) is 7.05 Å². The molecule has 5 nitrogen and oxygen atoms in total. The number of halogens is 3. The van der Waals surface area contributed by atoms with E-state index in [0.717, 1.165) is 6.42 Å². The molecule has 0 saturated heterocycles. The van der Waals surface area contributed by atoms with Gasteiger partial charge in [-0.25, -0.2) is 0 Å². The lowest BCUT2D eigenvalue weighted by molar-refractivity contribution is -0.175. The van der Waals surface area contributed by atoms with Crippen LogP contribution in [-0.2, 0) is 11.8 Å². The zero-order valence-electron chi connectivity index (χ0n) is 10.4. The van der Waals surface area contributed by atoms with Crippen molar-refractivity contribution in [1.82, 2.24) is 20.3 Å². The van der Waals surface area contributed by atoms with E-state index in [4.69, 9.17) is 0 Å². The van der Waals surface area contributed by atoms with Crippen molar-refractivity contribution in [2.24, 2.45) is 7.05 Å². The lowest BCUT2D eigenvalue weighted by Gasteiger charge is -2.18. The lowest BCUT2D eigenvalue weighted by atomic mass is 10.2. The Morgan fingerprint density at radius 1 is 1.50 bits per heavy atom. The third-order valence-electron chi connectivity index (χ3n) is 2.30. The minimum absolute atomic E-state index is 0.0687. The summed E-state index contributed by atoms with van der Waals surface area (Å²) >= 11 is 0. The Bertz CT molecular complexity index is 353. The van der Waals surface area contributed by atoms with Gasteiger partial charge in [-0.2, -0.15) is 13.2 Å². The largest absolute Gasteiger partial charge is 0.411 e. The van der Waals surface area contributed by atoms with Crippen molar-refractivity contribution in [1.29, 1.82) is 0 Å². The molecule has 0 aliphatic rings. The number of rotatable bonds is 7. The second kappa shape index (κ2) is 6.69. The zero-order valence-corrected chi connectivity index (χ0v) is 10.4. The molecule has 0 amide bonds. The molecule has 8 heteroatoms. The molecule has 1 heterocycles. The fourth-order valence-electron chi connectivity index (χ4n) is 1.47. The number of aryl methyl sites for hydroxylation is 1. The van der Waals surface area contributed by atoms with E-state index >= 15 is 0 Å². The molecule has 0 radical (unpaired) electrons. The van der Waals surface area contributed by atoms with Crippen LogP contribution in [0.15, 0.2) is 6.20 Å². The molecule has 0 aliphatic heterocycles.